The normalized spacial score (nSPS) is 12.2. The molecule has 1 N–H and O–H groups in total. The topological polar surface area (TPSA) is 38.3 Å². The summed E-state index contributed by atoms with van der Waals surface area (Å²) < 4.78 is 18.6. The molecule has 0 aliphatic heterocycles. The molecule has 1 rings (SSSR count). The summed E-state index contributed by atoms with van der Waals surface area (Å²) in [6, 6.07) is 6.48. The minimum absolute atomic E-state index is 0.0789. The maximum atomic E-state index is 13.4. The highest BCUT2D eigenvalue weighted by Crippen LogP contribution is 2.25. The van der Waals surface area contributed by atoms with Crippen molar-refractivity contribution in [2.45, 2.75) is 30.4 Å². The largest absolute Gasteiger partial charge is 0.382 e. The number of rotatable bonds is 8. The van der Waals surface area contributed by atoms with Crippen LogP contribution >= 0.6 is 11.8 Å². The zero-order chi connectivity index (χ0) is 14.1. The molecule has 1 atom stereocenters. The molecule has 0 aliphatic rings. The monoisotopic (exact) mass is 285 g/mol. The zero-order valence-corrected chi connectivity index (χ0v) is 12.1. The number of benzene rings is 1. The van der Waals surface area contributed by atoms with E-state index in [1.165, 1.54) is 17.8 Å². The second-order valence-corrected chi connectivity index (χ2v) is 5.41. The minimum Gasteiger partial charge on any atom is -0.382 e. The molecule has 0 heterocycles. The van der Waals surface area contributed by atoms with Crippen LogP contribution < -0.4 is 5.32 Å². The number of amides is 1. The molecule has 1 aromatic carbocycles. The summed E-state index contributed by atoms with van der Waals surface area (Å²) in [5.41, 5.74) is 0. The molecule has 0 radical (unpaired) electrons. The first kappa shape index (κ1) is 16.0. The molecule has 1 aromatic rings. The smallest absolute Gasteiger partial charge is 0.233 e. The molecule has 19 heavy (non-hydrogen) atoms. The van der Waals surface area contributed by atoms with E-state index in [0.29, 0.717) is 24.7 Å². The molecular weight excluding hydrogens is 265 g/mol. The molecule has 1 unspecified atom stereocenters. The molecule has 106 valence electrons. The first-order valence-electron chi connectivity index (χ1n) is 6.41. The van der Waals surface area contributed by atoms with Gasteiger partial charge in [-0.2, -0.15) is 0 Å². The fraction of sp³-hybridized carbons (Fsp3) is 0.500. The molecule has 0 saturated heterocycles. The third kappa shape index (κ3) is 6.07. The molecule has 3 nitrogen and oxygen atoms in total. The van der Waals surface area contributed by atoms with Crippen LogP contribution in [0.25, 0.3) is 0 Å². The highest BCUT2D eigenvalue weighted by Gasteiger charge is 2.15. The zero-order valence-electron chi connectivity index (χ0n) is 11.3. The summed E-state index contributed by atoms with van der Waals surface area (Å²) in [7, 11) is 0. The molecule has 0 spiro atoms. The average Bonchev–Trinajstić information content (AvgIpc) is 2.41. The number of ether oxygens (including phenoxy) is 1. The van der Waals surface area contributed by atoms with Crippen LogP contribution in [0.4, 0.5) is 4.39 Å². The lowest BCUT2D eigenvalue weighted by molar-refractivity contribution is -0.120. The van der Waals surface area contributed by atoms with Crippen molar-refractivity contribution < 1.29 is 13.9 Å². The Balaban J connectivity index is 2.31. The van der Waals surface area contributed by atoms with Gasteiger partial charge in [-0.3, -0.25) is 4.79 Å². The van der Waals surface area contributed by atoms with Crippen LogP contribution in [-0.4, -0.2) is 30.9 Å². The van der Waals surface area contributed by atoms with Crippen LogP contribution in [0, 0.1) is 5.82 Å². The van der Waals surface area contributed by atoms with Gasteiger partial charge in [0.15, 0.2) is 0 Å². The lowest BCUT2D eigenvalue weighted by atomic mass is 10.3. The summed E-state index contributed by atoms with van der Waals surface area (Å²) in [6.07, 6.45) is 0.788. The lowest BCUT2D eigenvalue weighted by Crippen LogP contribution is -2.32. The highest BCUT2D eigenvalue weighted by molar-refractivity contribution is 8.00. The van der Waals surface area contributed by atoms with Gasteiger partial charge in [-0.25, -0.2) is 4.39 Å². The maximum absolute atomic E-state index is 13.4. The van der Waals surface area contributed by atoms with Gasteiger partial charge in [-0.1, -0.05) is 12.1 Å². The van der Waals surface area contributed by atoms with Gasteiger partial charge in [0.05, 0.1) is 5.25 Å². The number of nitrogens with one attached hydrogen (secondary N) is 1. The van der Waals surface area contributed by atoms with Gasteiger partial charge < -0.3 is 10.1 Å². The third-order valence-corrected chi connectivity index (χ3v) is 3.63. The number of carbonyl (C=O) groups excluding carboxylic acids is 1. The van der Waals surface area contributed by atoms with Gasteiger partial charge in [0.2, 0.25) is 5.91 Å². The van der Waals surface area contributed by atoms with Crippen molar-refractivity contribution >= 4 is 17.7 Å². The Morgan fingerprint density at radius 3 is 2.89 bits per heavy atom. The van der Waals surface area contributed by atoms with Crippen LogP contribution in [-0.2, 0) is 9.53 Å². The quantitative estimate of drug-likeness (QED) is 0.589. The van der Waals surface area contributed by atoms with Crippen molar-refractivity contribution in [3.05, 3.63) is 30.1 Å². The van der Waals surface area contributed by atoms with E-state index in [9.17, 15) is 9.18 Å². The summed E-state index contributed by atoms with van der Waals surface area (Å²) in [5.74, 6) is -0.367. The Labute approximate surface area is 117 Å². The first-order valence-corrected chi connectivity index (χ1v) is 7.29. The maximum Gasteiger partial charge on any atom is 0.233 e. The van der Waals surface area contributed by atoms with Crippen molar-refractivity contribution in [1.82, 2.24) is 5.32 Å². The SMILES string of the molecule is CCOCCCNC(=O)C(C)Sc1ccccc1F. The van der Waals surface area contributed by atoms with Crippen molar-refractivity contribution in [2.75, 3.05) is 19.8 Å². The van der Waals surface area contributed by atoms with Crippen molar-refractivity contribution in [2.24, 2.45) is 0 Å². The molecule has 0 saturated carbocycles. The predicted octanol–water partition coefficient (Wildman–Crippen LogP) is 2.85. The summed E-state index contributed by atoms with van der Waals surface area (Å²) in [6.45, 7) is 5.63. The fourth-order valence-electron chi connectivity index (χ4n) is 1.46. The van der Waals surface area contributed by atoms with Gasteiger partial charge in [0.25, 0.3) is 0 Å². The first-order chi connectivity index (χ1) is 9.15. The van der Waals surface area contributed by atoms with Crippen LogP contribution in [0.5, 0.6) is 0 Å². The van der Waals surface area contributed by atoms with E-state index in [1.807, 2.05) is 6.92 Å². The third-order valence-electron chi connectivity index (χ3n) is 2.48. The van der Waals surface area contributed by atoms with Gasteiger partial charge in [0, 0.05) is 24.7 Å². The standard InChI is InChI=1S/C14H20FNO2S/c1-3-18-10-6-9-16-14(17)11(2)19-13-8-5-4-7-12(13)15/h4-5,7-8,11H,3,6,9-10H2,1-2H3,(H,16,17). The van der Waals surface area contributed by atoms with Crippen molar-refractivity contribution in [3.63, 3.8) is 0 Å². The Morgan fingerprint density at radius 1 is 1.47 bits per heavy atom. The number of thioether (sulfide) groups is 1. The van der Waals surface area contributed by atoms with Gasteiger partial charge >= 0.3 is 0 Å². The molecule has 0 bridgehead atoms. The predicted molar refractivity (Wildman–Crippen MR) is 75.8 cm³/mol. The number of halogens is 1. The van der Waals surface area contributed by atoms with Gasteiger partial charge in [-0.15, -0.1) is 11.8 Å². The lowest BCUT2D eigenvalue weighted by Gasteiger charge is -2.12. The van der Waals surface area contributed by atoms with Crippen LogP contribution in [0.3, 0.4) is 0 Å². The van der Waals surface area contributed by atoms with Crippen molar-refractivity contribution in [3.8, 4) is 0 Å². The van der Waals surface area contributed by atoms with E-state index in [0.717, 1.165) is 6.42 Å². The van der Waals surface area contributed by atoms with E-state index in [2.05, 4.69) is 5.32 Å². The van der Waals surface area contributed by atoms with Crippen LogP contribution in [0.1, 0.15) is 20.3 Å². The highest BCUT2D eigenvalue weighted by atomic mass is 32.2. The average molecular weight is 285 g/mol. The van der Waals surface area contributed by atoms with Gasteiger partial charge in [-0.05, 0) is 32.4 Å². The van der Waals surface area contributed by atoms with E-state index < -0.39 is 0 Å². The number of hydrogen-bond donors (Lipinski definition) is 1. The molecular formula is C14H20FNO2S. The van der Waals surface area contributed by atoms with Gasteiger partial charge in [0.1, 0.15) is 5.82 Å². The minimum atomic E-state index is -0.316. The number of hydrogen-bond acceptors (Lipinski definition) is 3. The van der Waals surface area contributed by atoms with E-state index in [4.69, 9.17) is 4.74 Å². The Morgan fingerprint density at radius 2 is 2.21 bits per heavy atom. The van der Waals surface area contributed by atoms with E-state index in [-0.39, 0.29) is 17.0 Å². The molecule has 1 amide bonds. The Bertz CT molecular complexity index is 401. The van der Waals surface area contributed by atoms with Crippen LogP contribution in [0.15, 0.2) is 29.2 Å². The molecule has 0 aliphatic carbocycles. The Hall–Kier alpha value is -1.07. The second kappa shape index (κ2) is 8.93. The molecule has 5 heteroatoms. The summed E-state index contributed by atoms with van der Waals surface area (Å²) in [5, 5.41) is 2.50. The fourth-order valence-corrected chi connectivity index (χ4v) is 2.37. The van der Waals surface area contributed by atoms with Crippen LogP contribution in [0.2, 0.25) is 0 Å². The summed E-state index contributed by atoms with van der Waals surface area (Å²) in [4.78, 5) is 12.3. The van der Waals surface area contributed by atoms with E-state index in [1.54, 1.807) is 25.1 Å². The Kier molecular flexibility index (Phi) is 7.52. The molecule has 0 fully saturated rings. The summed E-state index contributed by atoms with van der Waals surface area (Å²) >= 11 is 1.23. The number of carbonyl (C=O) groups is 1. The van der Waals surface area contributed by atoms with E-state index >= 15 is 0 Å². The van der Waals surface area contributed by atoms with Crippen molar-refractivity contribution in [1.29, 1.82) is 0 Å². The second-order valence-electron chi connectivity index (χ2n) is 4.03. The molecule has 0 aromatic heterocycles.